The lowest BCUT2D eigenvalue weighted by molar-refractivity contribution is -0.384. The second-order valence-corrected chi connectivity index (χ2v) is 8.55. The monoisotopic (exact) mass is 435 g/mol. The minimum Gasteiger partial charge on any atom is -0.366 e. The Kier molecular flexibility index (Phi) is 6.12. The fourth-order valence-electron chi connectivity index (χ4n) is 4.54. The molecule has 1 amide bonds. The highest BCUT2D eigenvalue weighted by Gasteiger charge is 2.28. The highest BCUT2D eigenvalue weighted by Crippen LogP contribution is 2.35. The van der Waals surface area contributed by atoms with Gasteiger partial charge in [0.15, 0.2) is 0 Å². The van der Waals surface area contributed by atoms with E-state index in [0.29, 0.717) is 30.4 Å². The van der Waals surface area contributed by atoms with Crippen LogP contribution in [0, 0.1) is 10.1 Å². The highest BCUT2D eigenvalue weighted by atomic mass is 16.6. The van der Waals surface area contributed by atoms with E-state index >= 15 is 0 Å². The first-order chi connectivity index (χ1) is 15.4. The molecule has 0 aliphatic carbocycles. The van der Waals surface area contributed by atoms with E-state index in [1.54, 1.807) is 12.1 Å². The van der Waals surface area contributed by atoms with Gasteiger partial charge in [0.25, 0.3) is 11.6 Å². The van der Waals surface area contributed by atoms with E-state index in [4.69, 9.17) is 4.98 Å². The summed E-state index contributed by atoms with van der Waals surface area (Å²) >= 11 is 0. The predicted octanol–water partition coefficient (Wildman–Crippen LogP) is 4.49. The van der Waals surface area contributed by atoms with E-state index < -0.39 is 4.92 Å². The number of aromatic nitrogens is 2. The molecule has 0 saturated carbocycles. The molecular formula is C24H29N5O3. The summed E-state index contributed by atoms with van der Waals surface area (Å²) in [5.74, 6) is 0.781. The Morgan fingerprint density at radius 1 is 1.22 bits per heavy atom. The number of rotatable bonds is 6. The second kappa shape index (κ2) is 8.98. The van der Waals surface area contributed by atoms with Gasteiger partial charge in [-0.1, -0.05) is 19.1 Å². The molecule has 1 saturated heterocycles. The van der Waals surface area contributed by atoms with E-state index in [-0.39, 0.29) is 17.6 Å². The molecule has 8 nitrogen and oxygen atoms in total. The SMILES string of the molecule is CCc1nc2ccccc2n1C1CCN(c2ccc(C(=O)NC(C)C)cc2[N+](=O)[O-])CC1. The summed E-state index contributed by atoms with van der Waals surface area (Å²) in [6.45, 7) is 7.25. The number of fused-ring (bicyclic) bond motifs is 1. The van der Waals surface area contributed by atoms with Crippen molar-refractivity contribution < 1.29 is 9.72 Å². The number of anilines is 1. The molecule has 3 aromatic rings. The molecule has 32 heavy (non-hydrogen) atoms. The lowest BCUT2D eigenvalue weighted by Crippen LogP contribution is -2.35. The molecule has 1 aliphatic rings. The number of hydrogen-bond donors (Lipinski definition) is 1. The number of nitro groups is 1. The van der Waals surface area contributed by atoms with Crippen molar-refractivity contribution >= 4 is 28.3 Å². The van der Waals surface area contributed by atoms with Gasteiger partial charge >= 0.3 is 0 Å². The van der Waals surface area contributed by atoms with Gasteiger partial charge in [-0.05, 0) is 51.0 Å². The average molecular weight is 436 g/mol. The van der Waals surface area contributed by atoms with Gasteiger partial charge < -0.3 is 14.8 Å². The van der Waals surface area contributed by atoms with E-state index in [1.807, 2.05) is 32.0 Å². The van der Waals surface area contributed by atoms with Crippen LogP contribution in [0.25, 0.3) is 11.0 Å². The van der Waals surface area contributed by atoms with Crippen molar-refractivity contribution in [3.05, 3.63) is 64.0 Å². The molecule has 8 heteroatoms. The van der Waals surface area contributed by atoms with Crippen molar-refractivity contribution in [2.24, 2.45) is 0 Å². The van der Waals surface area contributed by atoms with Gasteiger partial charge in [0, 0.05) is 43.2 Å². The number of nitro benzene ring substituents is 1. The molecule has 1 aromatic heterocycles. The number of carbonyl (C=O) groups is 1. The van der Waals surface area contributed by atoms with Crippen molar-refractivity contribution in [2.45, 2.75) is 52.1 Å². The zero-order valence-electron chi connectivity index (χ0n) is 18.7. The summed E-state index contributed by atoms with van der Waals surface area (Å²) < 4.78 is 2.35. The van der Waals surface area contributed by atoms with Crippen molar-refractivity contribution in [1.82, 2.24) is 14.9 Å². The molecule has 0 spiro atoms. The fraction of sp³-hybridized carbons (Fsp3) is 0.417. The number of nitrogens with one attached hydrogen (secondary N) is 1. The number of carbonyl (C=O) groups excluding carboxylic acids is 1. The van der Waals surface area contributed by atoms with E-state index in [9.17, 15) is 14.9 Å². The van der Waals surface area contributed by atoms with Crippen molar-refractivity contribution in [3.8, 4) is 0 Å². The molecule has 1 aliphatic heterocycles. The average Bonchev–Trinajstić information content (AvgIpc) is 3.17. The standard InChI is InChI=1S/C24H29N5O3/c1-4-23-26-19-7-5-6-8-20(19)28(23)18-11-13-27(14-12-18)21-10-9-17(15-22(21)29(31)32)24(30)25-16(2)3/h5-10,15-16,18H,4,11-14H2,1-3H3,(H,25,30). The summed E-state index contributed by atoms with van der Waals surface area (Å²) in [5.41, 5.74) is 3.01. The summed E-state index contributed by atoms with van der Waals surface area (Å²) in [6, 6.07) is 13.2. The zero-order valence-corrected chi connectivity index (χ0v) is 18.7. The van der Waals surface area contributed by atoms with E-state index in [1.165, 1.54) is 6.07 Å². The van der Waals surface area contributed by atoms with Gasteiger partial charge in [-0.2, -0.15) is 0 Å². The topological polar surface area (TPSA) is 93.3 Å². The Balaban J connectivity index is 1.56. The molecule has 0 unspecified atom stereocenters. The lowest BCUT2D eigenvalue weighted by atomic mass is 10.0. The Bertz CT molecular complexity index is 1150. The molecule has 1 fully saturated rings. The van der Waals surface area contributed by atoms with Crippen molar-refractivity contribution in [1.29, 1.82) is 0 Å². The summed E-state index contributed by atoms with van der Waals surface area (Å²) in [6.07, 6.45) is 2.61. The summed E-state index contributed by atoms with van der Waals surface area (Å²) in [4.78, 5) is 30.5. The first-order valence-electron chi connectivity index (χ1n) is 11.2. The van der Waals surface area contributed by atoms with Crippen molar-refractivity contribution in [2.75, 3.05) is 18.0 Å². The Labute approximate surface area is 187 Å². The second-order valence-electron chi connectivity index (χ2n) is 8.55. The lowest BCUT2D eigenvalue weighted by Gasteiger charge is -2.34. The normalized spacial score (nSPS) is 14.8. The largest absolute Gasteiger partial charge is 0.366 e. The van der Waals surface area contributed by atoms with E-state index in [0.717, 1.165) is 36.1 Å². The third-order valence-corrected chi connectivity index (χ3v) is 6.01. The van der Waals surface area contributed by atoms with Gasteiger partial charge in [0.05, 0.1) is 16.0 Å². The number of piperidine rings is 1. The zero-order chi connectivity index (χ0) is 22.8. The van der Waals surface area contributed by atoms with Crippen molar-refractivity contribution in [3.63, 3.8) is 0 Å². The molecule has 4 rings (SSSR count). The van der Waals surface area contributed by atoms with Crippen LogP contribution in [-0.2, 0) is 6.42 Å². The van der Waals surface area contributed by atoms with Crippen LogP contribution >= 0.6 is 0 Å². The number of para-hydroxylation sites is 2. The Morgan fingerprint density at radius 3 is 2.59 bits per heavy atom. The van der Waals surface area contributed by atoms with Crippen LogP contribution in [0.3, 0.4) is 0 Å². The minimum atomic E-state index is -0.397. The molecule has 0 bridgehead atoms. The number of amides is 1. The Hall–Kier alpha value is -3.42. The summed E-state index contributed by atoms with van der Waals surface area (Å²) in [7, 11) is 0. The maximum Gasteiger partial charge on any atom is 0.293 e. The molecule has 0 atom stereocenters. The van der Waals surface area contributed by atoms with Crippen LogP contribution in [0.2, 0.25) is 0 Å². The van der Waals surface area contributed by atoms with Crippen LogP contribution in [0.5, 0.6) is 0 Å². The van der Waals surface area contributed by atoms with Crippen LogP contribution in [0.1, 0.15) is 55.8 Å². The number of nitrogens with zero attached hydrogens (tertiary/aromatic N) is 4. The number of hydrogen-bond acceptors (Lipinski definition) is 5. The molecule has 0 radical (unpaired) electrons. The van der Waals surface area contributed by atoms with Gasteiger partial charge in [0.1, 0.15) is 11.5 Å². The number of aryl methyl sites for hydroxylation is 1. The smallest absolute Gasteiger partial charge is 0.293 e. The van der Waals surface area contributed by atoms with E-state index in [2.05, 4.69) is 27.8 Å². The Morgan fingerprint density at radius 2 is 1.94 bits per heavy atom. The van der Waals surface area contributed by atoms with Gasteiger partial charge in [0.2, 0.25) is 0 Å². The maximum absolute atomic E-state index is 12.3. The molecule has 2 heterocycles. The number of imidazole rings is 1. The molecule has 2 aromatic carbocycles. The van der Waals surface area contributed by atoms with Crippen LogP contribution in [-0.4, -0.2) is 39.5 Å². The van der Waals surface area contributed by atoms with Crippen LogP contribution in [0.4, 0.5) is 11.4 Å². The van der Waals surface area contributed by atoms with Gasteiger partial charge in [-0.15, -0.1) is 0 Å². The molecule has 168 valence electrons. The highest BCUT2D eigenvalue weighted by molar-refractivity contribution is 5.96. The first-order valence-corrected chi connectivity index (χ1v) is 11.2. The minimum absolute atomic E-state index is 0.0258. The van der Waals surface area contributed by atoms with Crippen LogP contribution < -0.4 is 10.2 Å². The van der Waals surface area contributed by atoms with Gasteiger partial charge in [-0.3, -0.25) is 14.9 Å². The summed E-state index contributed by atoms with van der Waals surface area (Å²) in [5, 5.41) is 14.6. The maximum atomic E-state index is 12.3. The molecule has 1 N–H and O–H groups in total. The van der Waals surface area contributed by atoms with Gasteiger partial charge in [-0.25, -0.2) is 4.98 Å². The predicted molar refractivity (Wildman–Crippen MR) is 125 cm³/mol. The molecular weight excluding hydrogens is 406 g/mol. The fourth-order valence-corrected chi connectivity index (χ4v) is 4.54. The van der Waals surface area contributed by atoms with Crippen LogP contribution in [0.15, 0.2) is 42.5 Å². The third-order valence-electron chi connectivity index (χ3n) is 6.01. The quantitative estimate of drug-likeness (QED) is 0.455. The first kappa shape index (κ1) is 21.8. The third kappa shape index (κ3) is 4.17. The number of benzene rings is 2.